The predicted molar refractivity (Wildman–Crippen MR) is 82.5 cm³/mol. The largest absolute Gasteiger partial charge is 0.492 e. The molecule has 0 spiro atoms. The molecule has 0 atom stereocenters. The summed E-state index contributed by atoms with van der Waals surface area (Å²) in [5, 5.41) is 0. The Kier molecular flexibility index (Phi) is 5.10. The van der Waals surface area contributed by atoms with Crippen molar-refractivity contribution in [3.63, 3.8) is 0 Å². The first kappa shape index (κ1) is 15.7. The molecule has 0 saturated carbocycles. The number of rotatable bonds is 6. The highest BCUT2D eigenvalue weighted by molar-refractivity contribution is 7.89. The van der Waals surface area contributed by atoms with E-state index in [9.17, 15) is 8.42 Å². The molecule has 0 aliphatic carbocycles. The Labute approximate surface area is 125 Å². The second-order valence-corrected chi connectivity index (χ2v) is 6.75. The number of benzene rings is 1. The summed E-state index contributed by atoms with van der Waals surface area (Å²) < 4.78 is 32.9. The number of anilines is 1. The number of hydrogen-bond acceptors (Lipinski definition) is 4. The maximum absolute atomic E-state index is 12.4. The van der Waals surface area contributed by atoms with E-state index >= 15 is 0 Å². The van der Waals surface area contributed by atoms with Crippen molar-refractivity contribution in [3.8, 4) is 18.1 Å². The van der Waals surface area contributed by atoms with Crippen molar-refractivity contribution in [2.75, 3.05) is 18.9 Å². The Balaban J connectivity index is 2.16. The fourth-order valence-corrected chi connectivity index (χ4v) is 3.60. The molecule has 114 valence electrons. The van der Waals surface area contributed by atoms with Gasteiger partial charge < -0.3 is 10.5 Å². The molecule has 21 heavy (non-hydrogen) atoms. The topological polar surface area (TPSA) is 81.4 Å². The van der Waals surface area contributed by atoms with Gasteiger partial charge in [-0.15, -0.1) is 12.3 Å². The number of unbranched alkanes of at least 4 members (excludes halogenated alkanes) is 2. The number of sulfonamides is 1. The lowest BCUT2D eigenvalue weighted by molar-refractivity contribution is 0.280. The first-order chi connectivity index (χ1) is 10.0. The molecule has 0 fully saturated rings. The van der Waals surface area contributed by atoms with E-state index in [2.05, 4.69) is 10.6 Å². The highest BCUT2D eigenvalue weighted by atomic mass is 32.2. The molecule has 1 aromatic rings. The lowest BCUT2D eigenvalue weighted by atomic mass is 10.1. The Morgan fingerprint density at radius 3 is 2.95 bits per heavy atom. The molecule has 3 N–H and O–H groups in total. The molecular formula is C15H20N2O3S. The summed E-state index contributed by atoms with van der Waals surface area (Å²) >= 11 is 0. The van der Waals surface area contributed by atoms with Gasteiger partial charge in [0.2, 0.25) is 10.0 Å². The van der Waals surface area contributed by atoms with Crippen molar-refractivity contribution < 1.29 is 13.2 Å². The van der Waals surface area contributed by atoms with Gasteiger partial charge in [0, 0.05) is 18.7 Å². The van der Waals surface area contributed by atoms with Crippen LogP contribution < -0.4 is 15.2 Å². The van der Waals surface area contributed by atoms with E-state index in [1.54, 1.807) is 6.07 Å². The molecule has 0 amide bonds. The minimum atomic E-state index is -3.62. The third-order valence-electron chi connectivity index (χ3n) is 3.32. The lowest BCUT2D eigenvalue weighted by Crippen LogP contribution is -2.26. The fraction of sp³-hybridized carbons (Fsp3) is 0.467. The minimum Gasteiger partial charge on any atom is -0.492 e. The number of hydrogen-bond donors (Lipinski definition) is 2. The average Bonchev–Trinajstić information content (AvgIpc) is 2.46. The Morgan fingerprint density at radius 2 is 2.19 bits per heavy atom. The number of aryl methyl sites for hydroxylation is 1. The zero-order valence-electron chi connectivity index (χ0n) is 11.9. The van der Waals surface area contributed by atoms with Crippen molar-refractivity contribution in [3.05, 3.63) is 17.7 Å². The second-order valence-electron chi connectivity index (χ2n) is 5.02. The molecule has 0 radical (unpaired) electrons. The van der Waals surface area contributed by atoms with Gasteiger partial charge in [-0.2, -0.15) is 0 Å². The van der Waals surface area contributed by atoms with Gasteiger partial charge in [-0.3, -0.25) is 0 Å². The van der Waals surface area contributed by atoms with Gasteiger partial charge in [0.25, 0.3) is 0 Å². The summed E-state index contributed by atoms with van der Waals surface area (Å²) in [4.78, 5) is 0.133. The Hall–Kier alpha value is -1.71. The number of terminal acetylenes is 1. The smallest absolute Gasteiger partial charge is 0.244 e. The van der Waals surface area contributed by atoms with Crippen LogP contribution in [0.4, 0.5) is 5.69 Å². The molecule has 6 heteroatoms. The summed E-state index contributed by atoms with van der Waals surface area (Å²) in [6, 6.07) is 3.23. The van der Waals surface area contributed by atoms with Crippen LogP contribution in [0, 0.1) is 12.3 Å². The third-order valence-corrected chi connectivity index (χ3v) is 4.79. The van der Waals surface area contributed by atoms with Crippen LogP contribution in [0.3, 0.4) is 0 Å². The number of nitrogen functional groups attached to an aromatic ring is 1. The van der Waals surface area contributed by atoms with Crippen molar-refractivity contribution in [2.45, 2.75) is 37.0 Å². The molecule has 1 aromatic carbocycles. The highest BCUT2D eigenvalue weighted by Gasteiger charge is 2.24. The average molecular weight is 308 g/mol. The molecule has 0 aromatic heterocycles. The first-order valence-electron chi connectivity index (χ1n) is 7.03. The zero-order chi connectivity index (χ0) is 15.3. The van der Waals surface area contributed by atoms with Gasteiger partial charge >= 0.3 is 0 Å². The molecule has 0 saturated heterocycles. The first-order valence-corrected chi connectivity index (χ1v) is 8.51. The molecular weight excluding hydrogens is 288 g/mol. The van der Waals surface area contributed by atoms with E-state index in [-0.39, 0.29) is 4.90 Å². The summed E-state index contributed by atoms with van der Waals surface area (Å²) in [7, 11) is -3.62. The van der Waals surface area contributed by atoms with Crippen LogP contribution in [0.2, 0.25) is 0 Å². The number of nitrogens with two attached hydrogens (primary N) is 1. The molecule has 1 aliphatic heterocycles. The number of ether oxygens (including phenoxy) is 1. The molecule has 2 rings (SSSR count). The lowest BCUT2D eigenvalue weighted by Gasteiger charge is -2.21. The summed E-state index contributed by atoms with van der Waals surface area (Å²) in [6.07, 6.45) is 8.97. The predicted octanol–water partition coefficient (Wildman–Crippen LogP) is 1.68. The van der Waals surface area contributed by atoms with Crippen LogP contribution in [-0.4, -0.2) is 21.6 Å². The minimum absolute atomic E-state index is 0.133. The van der Waals surface area contributed by atoms with Crippen molar-refractivity contribution in [1.82, 2.24) is 4.72 Å². The van der Waals surface area contributed by atoms with Gasteiger partial charge in [0.15, 0.2) is 0 Å². The SMILES string of the molecule is C#CCCCCNS(=O)(=O)c1cc(N)cc2c1OCCC2. The standard InChI is InChI=1S/C15H20N2O3S/c1-2-3-4-5-8-17-21(18,19)14-11-13(16)10-12-7-6-9-20-15(12)14/h1,10-11,17H,3-9,16H2. The number of nitrogens with one attached hydrogen (secondary N) is 1. The van der Waals surface area contributed by atoms with Crippen molar-refractivity contribution in [2.24, 2.45) is 0 Å². The normalized spacial score (nSPS) is 14.0. The molecule has 0 bridgehead atoms. The van der Waals surface area contributed by atoms with E-state index < -0.39 is 10.0 Å². The van der Waals surface area contributed by atoms with Crippen LogP contribution in [0.1, 0.15) is 31.2 Å². The van der Waals surface area contributed by atoms with Gasteiger partial charge in [-0.05, 0) is 43.4 Å². The van der Waals surface area contributed by atoms with Crippen LogP contribution in [0.5, 0.6) is 5.75 Å². The maximum Gasteiger partial charge on any atom is 0.244 e. The van der Waals surface area contributed by atoms with E-state index in [1.165, 1.54) is 6.07 Å². The zero-order valence-corrected chi connectivity index (χ0v) is 12.7. The van der Waals surface area contributed by atoms with Crippen molar-refractivity contribution in [1.29, 1.82) is 0 Å². The monoisotopic (exact) mass is 308 g/mol. The van der Waals surface area contributed by atoms with Crippen molar-refractivity contribution >= 4 is 15.7 Å². The van der Waals surface area contributed by atoms with Gasteiger partial charge in [-0.25, -0.2) is 13.1 Å². The van der Waals surface area contributed by atoms with Gasteiger partial charge in [0.05, 0.1) is 6.61 Å². The molecule has 1 heterocycles. The van der Waals surface area contributed by atoms with Crippen LogP contribution in [0.15, 0.2) is 17.0 Å². The quantitative estimate of drug-likeness (QED) is 0.476. The van der Waals surface area contributed by atoms with Gasteiger partial charge in [-0.1, -0.05) is 0 Å². The Morgan fingerprint density at radius 1 is 1.38 bits per heavy atom. The molecule has 0 unspecified atom stereocenters. The highest BCUT2D eigenvalue weighted by Crippen LogP contribution is 2.34. The van der Waals surface area contributed by atoms with Crippen LogP contribution in [0.25, 0.3) is 0 Å². The second kappa shape index (κ2) is 6.83. The maximum atomic E-state index is 12.4. The van der Waals surface area contributed by atoms with Crippen LogP contribution >= 0.6 is 0 Å². The molecule has 1 aliphatic rings. The fourth-order valence-electron chi connectivity index (χ4n) is 2.31. The van der Waals surface area contributed by atoms with E-state index in [0.717, 1.165) is 24.8 Å². The van der Waals surface area contributed by atoms with E-state index in [0.29, 0.717) is 37.4 Å². The Bertz CT molecular complexity index is 648. The van der Waals surface area contributed by atoms with Gasteiger partial charge in [0.1, 0.15) is 10.6 Å². The number of fused-ring (bicyclic) bond motifs is 1. The van der Waals surface area contributed by atoms with E-state index in [1.807, 2.05) is 0 Å². The van der Waals surface area contributed by atoms with Crippen LogP contribution in [-0.2, 0) is 16.4 Å². The van der Waals surface area contributed by atoms with E-state index in [4.69, 9.17) is 16.9 Å². The molecule has 5 nitrogen and oxygen atoms in total. The summed E-state index contributed by atoms with van der Waals surface area (Å²) in [5.41, 5.74) is 7.10. The summed E-state index contributed by atoms with van der Waals surface area (Å²) in [5.74, 6) is 2.97. The third kappa shape index (κ3) is 3.90. The summed E-state index contributed by atoms with van der Waals surface area (Å²) in [6.45, 7) is 0.884.